The maximum absolute atomic E-state index is 10.7. The molecule has 1 aromatic heterocycles. The van der Waals surface area contributed by atoms with E-state index >= 15 is 0 Å². The molecule has 1 aliphatic rings. The van der Waals surface area contributed by atoms with Gasteiger partial charge in [0.05, 0.1) is 4.92 Å². The molecule has 1 aromatic rings. The first-order chi connectivity index (χ1) is 8.66. The molecule has 0 saturated carbocycles. The fraction of sp³-hybridized carbons (Fsp3) is 0.583. The van der Waals surface area contributed by atoms with Crippen molar-refractivity contribution in [3.63, 3.8) is 0 Å². The number of rotatable bonds is 4. The molecule has 18 heavy (non-hydrogen) atoms. The Kier molecular flexibility index (Phi) is 4.09. The van der Waals surface area contributed by atoms with Crippen LogP contribution in [0.15, 0.2) is 12.1 Å². The molecule has 0 bridgehead atoms. The lowest BCUT2D eigenvalue weighted by Gasteiger charge is -2.22. The standard InChI is InChI=1S/C12H18N4O2/c1-9-11(16(17)18)2-3-12(15-9)14-8-10-4-6-13-7-5-10/h2-3,10,13H,4-8H2,1H3,(H,14,15). The van der Waals surface area contributed by atoms with Gasteiger partial charge in [-0.2, -0.15) is 0 Å². The van der Waals surface area contributed by atoms with Gasteiger partial charge in [-0.15, -0.1) is 0 Å². The summed E-state index contributed by atoms with van der Waals surface area (Å²) in [6.07, 6.45) is 2.33. The van der Waals surface area contributed by atoms with E-state index in [1.54, 1.807) is 13.0 Å². The van der Waals surface area contributed by atoms with Gasteiger partial charge in [0.25, 0.3) is 5.69 Å². The molecule has 0 radical (unpaired) electrons. The number of nitrogens with one attached hydrogen (secondary N) is 2. The Hall–Kier alpha value is -1.69. The Bertz CT molecular complexity index is 430. The molecule has 98 valence electrons. The van der Waals surface area contributed by atoms with E-state index in [2.05, 4.69) is 15.6 Å². The molecule has 2 N–H and O–H groups in total. The van der Waals surface area contributed by atoms with E-state index in [0.29, 0.717) is 11.6 Å². The molecule has 0 spiro atoms. The predicted octanol–water partition coefficient (Wildman–Crippen LogP) is 1.71. The molecule has 0 aliphatic carbocycles. The molecule has 2 rings (SSSR count). The van der Waals surface area contributed by atoms with Crippen molar-refractivity contribution in [3.8, 4) is 0 Å². The zero-order valence-electron chi connectivity index (χ0n) is 10.5. The molecule has 2 heterocycles. The Morgan fingerprint density at radius 2 is 2.22 bits per heavy atom. The Morgan fingerprint density at radius 1 is 1.50 bits per heavy atom. The van der Waals surface area contributed by atoms with Gasteiger partial charge >= 0.3 is 0 Å². The van der Waals surface area contributed by atoms with Crippen LogP contribution in [0.5, 0.6) is 0 Å². The molecular weight excluding hydrogens is 232 g/mol. The first-order valence-corrected chi connectivity index (χ1v) is 6.23. The highest BCUT2D eigenvalue weighted by molar-refractivity contribution is 5.44. The number of piperidine rings is 1. The molecule has 6 nitrogen and oxygen atoms in total. The number of aryl methyl sites for hydroxylation is 1. The number of hydrogen-bond acceptors (Lipinski definition) is 5. The van der Waals surface area contributed by atoms with Gasteiger partial charge in [-0.25, -0.2) is 4.98 Å². The van der Waals surface area contributed by atoms with E-state index in [4.69, 9.17) is 0 Å². The Balaban J connectivity index is 1.93. The quantitative estimate of drug-likeness (QED) is 0.628. The first-order valence-electron chi connectivity index (χ1n) is 6.23. The minimum absolute atomic E-state index is 0.0717. The summed E-state index contributed by atoms with van der Waals surface area (Å²) in [5.41, 5.74) is 0.526. The lowest BCUT2D eigenvalue weighted by molar-refractivity contribution is -0.385. The molecule has 0 unspecified atom stereocenters. The van der Waals surface area contributed by atoms with E-state index in [1.165, 1.54) is 18.9 Å². The summed E-state index contributed by atoms with van der Waals surface area (Å²) >= 11 is 0. The largest absolute Gasteiger partial charge is 0.370 e. The van der Waals surface area contributed by atoms with Crippen molar-refractivity contribution in [2.45, 2.75) is 19.8 Å². The van der Waals surface area contributed by atoms with E-state index in [1.807, 2.05) is 0 Å². The van der Waals surface area contributed by atoms with Crippen LogP contribution in [0.1, 0.15) is 18.5 Å². The van der Waals surface area contributed by atoms with Gasteiger partial charge in [-0.1, -0.05) is 0 Å². The fourth-order valence-corrected chi connectivity index (χ4v) is 2.18. The first kappa shape index (κ1) is 12.8. The smallest absolute Gasteiger partial charge is 0.290 e. The van der Waals surface area contributed by atoms with Gasteiger partial charge in [-0.05, 0) is 44.8 Å². The molecule has 1 aliphatic heterocycles. The van der Waals surface area contributed by atoms with E-state index in [9.17, 15) is 10.1 Å². The average molecular weight is 250 g/mol. The second-order valence-electron chi connectivity index (χ2n) is 4.63. The van der Waals surface area contributed by atoms with Crippen LogP contribution in [-0.2, 0) is 0 Å². The number of pyridine rings is 1. The van der Waals surface area contributed by atoms with Crippen LogP contribution < -0.4 is 10.6 Å². The molecular formula is C12H18N4O2. The van der Waals surface area contributed by atoms with Crippen LogP contribution in [0.25, 0.3) is 0 Å². The second kappa shape index (κ2) is 5.77. The number of aromatic nitrogens is 1. The van der Waals surface area contributed by atoms with E-state index in [0.717, 1.165) is 25.5 Å². The summed E-state index contributed by atoms with van der Waals surface area (Å²) in [7, 11) is 0. The summed E-state index contributed by atoms with van der Waals surface area (Å²) in [5.74, 6) is 1.38. The maximum atomic E-state index is 10.7. The second-order valence-corrected chi connectivity index (χ2v) is 4.63. The molecule has 6 heteroatoms. The van der Waals surface area contributed by atoms with Crippen LogP contribution in [0, 0.1) is 23.0 Å². The van der Waals surface area contributed by atoms with Gasteiger partial charge in [0.1, 0.15) is 11.5 Å². The van der Waals surface area contributed by atoms with Gasteiger partial charge in [0.2, 0.25) is 0 Å². The number of nitro groups is 1. The SMILES string of the molecule is Cc1nc(NCC2CCNCC2)ccc1[N+](=O)[O-]. The van der Waals surface area contributed by atoms with Gasteiger partial charge in [0.15, 0.2) is 0 Å². The lowest BCUT2D eigenvalue weighted by Crippen LogP contribution is -2.31. The van der Waals surface area contributed by atoms with E-state index in [-0.39, 0.29) is 5.69 Å². The molecule has 0 aromatic carbocycles. The number of anilines is 1. The van der Waals surface area contributed by atoms with Gasteiger partial charge in [0, 0.05) is 12.6 Å². The third-order valence-corrected chi connectivity index (χ3v) is 3.29. The molecule has 1 fully saturated rings. The Labute approximate surface area is 106 Å². The van der Waals surface area contributed by atoms with Gasteiger partial charge < -0.3 is 10.6 Å². The van der Waals surface area contributed by atoms with Crippen LogP contribution in [0.2, 0.25) is 0 Å². The number of hydrogen-bond donors (Lipinski definition) is 2. The normalized spacial score (nSPS) is 16.5. The lowest BCUT2D eigenvalue weighted by atomic mass is 9.98. The van der Waals surface area contributed by atoms with Crippen molar-refractivity contribution in [3.05, 3.63) is 27.9 Å². The summed E-state index contributed by atoms with van der Waals surface area (Å²) in [4.78, 5) is 14.5. The highest BCUT2D eigenvalue weighted by atomic mass is 16.6. The number of nitrogens with zero attached hydrogens (tertiary/aromatic N) is 2. The summed E-state index contributed by atoms with van der Waals surface area (Å²) in [6, 6.07) is 3.18. The third kappa shape index (κ3) is 3.16. The van der Waals surface area contributed by atoms with Crippen molar-refractivity contribution in [1.29, 1.82) is 0 Å². The van der Waals surface area contributed by atoms with E-state index < -0.39 is 4.92 Å². The van der Waals surface area contributed by atoms with Crippen molar-refractivity contribution in [1.82, 2.24) is 10.3 Å². The topological polar surface area (TPSA) is 80.1 Å². The summed E-state index contributed by atoms with van der Waals surface area (Å²) in [6.45, 7) is 4.68. The fourth-order valence-electron chi connectivity index (χ4n) is 2.18. The van der Waals surface area contributed by atoms with Crippen molar-refractivity contribution < 1.29 is 4.92 Å². The van der Waals surface area contributed by atoms with Crippen molar-refractivity contribution >= 4 is 11.5 Å². The zero-order valence-corrected chi connectivity index (χ0v) is 10.5. The van der Waals surface area contributed by atoms with Crippen molar-refractivity contribution in [2.24, 2.45) is 5.92 Å². The van der Waals surface area contributed by atoms with Crippen LogP contribution in [-0.4, -0.2) is 29.5 Å². The molecule has 0 amide bonds. The van der Waals surface area contributed by atoms with Crippen LogP contribution in [0.3, 0.4) is 0 Å². The molecule has 0 atom stereocenters. The average Bonchev–Trinajstić information content (AvgIpc) is 2.37. The summed E-state index contributed by atoms with van der Waals surface area (Å²) < 4.78 is 0. The zero-order chi connectivity index (χ0) is 13.0. The van der Waals surface area contributed by atoms with Gasteiger partial charge in [-0.3, -0.25) is 10.1 Å². The monoisotopic (exact) mass is 250 g/mol. The predicted molar refractivity (Wildman–Crippen MR) is 69.7 cm³/mol. The third-order valence-electron chi connectivity index (χ3n) is 3.29. The van der Waals surface area contributed by atoms with Crippen LogP contribution in [0.4, 0.5) is 11.5 Å². The highest BCUT2D eigenvalue weighted by Gasteiger charge is 2.14. The van der Waals surface area contributed by atoms with Crippen LogP contribution >= 0.6 is 0 Å². The molecule has 1 saturated heterocycles. The summed E-state index contributed by atoms with van der Waals surface area (Å²) in [5, 5.41) is 17.3. The highest BCUT2D eigenvalue weighted by Crippen LogP contribution is 2.19. The Morgan fingerprint density at radius 3 is 2.83 bits per heavy atom. The minimum atomic E-state index is -0.404. The van der Waals surface area contributed by atoms with Crippen molar-refractivity contribution in [2.75, 3.05) is 25.0 Å². The maximum Gasteiger partial charge on any atom is 0.290 e. The minimum Gasteiger partial charge on any atom is -0.370 e.